The lowest BCUT2D eigenvalue weighted by Crippen LogP contribution is -2.18. The van der Waals surface area contributed by atoms with E-state index in [4.69, 9.17) is 4.74 Å². The summed E-state index contributed by atoms with van der Waals surface area (Å²) in [6.45, 7) is 3.45. The van der Waals surface area contributed by atoms with Crippen molar-refractivity contribution in [2.45, 2.75) is 38.5 Å². The first kappa shape index (κ1) is 21.0. The van der Waals surface area contributed by atoms with Gasteiger partial charge in [0.1, 0.15) is 11.3 Å². The molecule has 2 aromatic heterocycles. The number of ether oxygens (including phenoxy) is 1. The number of H-pyrrole nitrogens is 1. The molecule has 2 heterocycles. The van der Waals surface area contributed by atoms with Gasteiger partial charge in [0, 0.05) is 24.6 Å². The minimum Gasteiger partial charge on any atom is -0.506 e. The predicted octanol–water partition coefficient (Wildman–Crippen LogP) is 3.70. The van der Waals surface area contributed by atoms with Crippen molar-refractivity contribution < 1.29 is 9.84 Å². The number of unbranched alkanes of at least 4 members (excludes halogenated alkanes) is 3. The van der Waals surface area contributed by atoms with Crippen LogP contribution in [0, 0.1) is 0 Å². The van der Waals surface area contributed by atoms with Gasteiger partial charge in [0.2, 0.25) is 0 Å². The second kappa shape index (κ2) is 11.3. The zero-order valence-corrected chi connectivity index (χ0v) is 17.5. The number of hydrogen-bond acceptors (Lipinski definition) is 7. The maximum Gasteiger partial charge on any atom is 0.305 e. The third-order valence-corrected chi connectivity index (χ3v) is 6.34. The molecule has 0 saturated heterocycles. The summed E-state index contributed by atoms with van der Waals surface area (Å²) in [7, 11) is 0. The first-order chi connectivity index (χ1) is 13.7. The lowest BCUT2D eigenvalue weighted by molar-refractivity contribution is 0.133. The Morgan fingerprint density at radius 3 is 2.86 bits per heavy atom. The van der Waals surface area contributed by atoms with Gasteiger partial charge in [0.25, 0.3) is 0 Å². The van der Waals surface area contributed by atoms with Crippen LogP contribution in [0.25, 0.3) is 10.2 Å². The minimum absolute atomic E-state index is 0.127. The summed E-state index contributed by atoms with van der Waals surface area (Å²) in [5, 5.41) is 16.4. The van der Waals surface area contributed by atoms with E-state index >= 15 is 0 Å². The standard InChI is InChI=1S/C20H27N3O3S2/c24-16-6-5-15(19-18(16)23-20(25)28-19)7-10-21-9-3-1-2-4-12-26-13-8-17-22-11-14-27-17/h5-6,11,14,21,24H,1-4,7-10,12-13H2,(H,23,25). The molecule has 0 atom stereocenters. The van der Waals surface area contributed by atoms with Crippen LogP contribution in [-0.2, 0) is 17.6 Å². The molecular weight excluding hydrogens is 394 g/mol. The molecule has 8 heteroatoms. The number of aromatic hydroxyl groups is 1. The van der Waals surface area contributed by atoms with Crippen LogP contribution in [0.4, 0.5) is 0 Å². The maximum atomic E-state index is 11.5. The van der Waals surface area contributed by atoms with Crippen LogP contribution in [0.5, 0.6) is 5.75 Å². The molecule has 6 nitrogen and oxygen atoms in total. The maximum absolute atomic E-state index is 11.5. The van der Waals surface area contributed by atoms with E-state index in [-0.39, 0.29) is 10.6 Å². The Bertz CT molecular complexity index is 890. The quantitative estimate of drug-likeness (QED) is 0.366. The Morgan fingerprint density at radius 1 is 1.11 bits per heavy atom. The van der Waals surface area contributed by atoms with Gasteiger partial charge in [-0.05, 0) is 44.0 Å². The van der Waals surface area contributed by atoms with E-state index in [1.807, 2.05) is 17.6 Å². The second-order valence-corrected chi connectivity index (χ2v) is 8.63. The molecule has 0 amide bonds. The summed E-state index contributed by atoms with van der Waals surface area (Å²) < 4.78 is 6.52. The molecule has 152 valence electrons. The van der Waals surface area contributed by atoms with Crippen LogP contribution in [0.3, 0.4) is 0 Å². The summed E-state index contributed by atoms with van der Waals surface area (Å²) in [5.41, 5.74) is 1.65. The summed E-state index contributed by atoms with van der Waals surface area (Å²) >= 11 is 2.84. The number of hydrogen-bond donors (Lipinski definition) is 3. The van der Waals surface area contributed by atoms with Gasteiger partial charge in [-0.15, -0.1) is 11.3 Å². The zero-order chi connectivity index (χ0) is 19.6. The number of rotatable bonds is 13. The van der Waals surface area contributed by atoms with E-state index in [9.17, 15) is 9.90 Å². The van der Waals surface area contributed by atoms with Gasteiger partial charge in [-0.2, -0.15) is 0 Å². The molecule has 0 aliphatic rings. The Labute approximate surface area is 172 Å². The van der Waals surface area contributed by atoms with Crippen molar-refractivity contribution in [3.63, 3.8) is 0 Å². The van der Waals surface area contributed by atoms with Crippen LogP contribution in [0.1, 0.15) is 36.3 Å². The number of phenols is 1. The Hall–Kier alpha value is -1.74. The third-order valence-electron chi connectivity index (χ3n) is 4.55. The molecule has 0 unspecified atom stereocenters. The van der Waals surface area contributed by atoms with E-state index in [1.54, 1.807) is 17.4 Å². The lowest BCUT2D eigenvalue weighted by Gasteiger charge is -2.07. The summed E-state index contributed by atoms with van der Waals surface area (Å²) in [6.07, 6.45) is 8.24. The van der Waals surface area contributed by atoms with Gasteiger partial charge in [-0.1, -0.05) is 30.2 Å². The SMILES string of the molecule is O=c1[nH]c2c(O)ccc(CCNCCCCCCOCCc3nccs3)c2s1. The highest BCUT2D eigenvalue weighted by Crippen LogP contribution is 2.27. The third kappa shape index (κ3) is 6.41. The van der Waals surface area contributed by atoms with Crippen LogP contribution < -0.4 is 10.2 Å². The largest absolute Gasteiger partial charge is 0.506 e. The van der Waals surface area contributed by atoms with Crippen molar-refractivity contribution in [1.29, 1.82) is 0 Å². The first-order valence-corrected chi connectivity index (χ1v) is 11.4. The van der Waals surface area contributed by atoms with Crippen molar-refractivity contribution in [3.8, 4) is 5.75 Å². The number of benzene rings is 1. The van der Waals surface area contributed by atoms with Crippen LogP contribution in [0.2, 0.25) is 0 Å². The molecule has 0 bridgehead atoms. The fraction of sp³-hybridized carbons (Fsp3) is 0.500. The number of aromatic nitrogens is 2. The van der Waals surface area contributed by atoms with Gasteiger partial charge in [-0.3, -0.25) is 4.79 Å². The molecule has 3 N–H and O–H groups in total. The summed E-state index contributed by atoms with van der Waals surface area (Å²) in [4.78, 5) is 18.3. The average Bonchev–Trinajstić information content (AvgIpc) is 3.34. The highest BCUT2D eigenvalue weighted by Gasteiger charge is 2.09. The van der Waals surface area contributed by atoms with Gasteiger partial charge in [-0.25, -0.2) is 4.98 Å². The second-order valence-electron chi connectivity index (χ2n) is 6.66. The van der Waals surface area contributed by atoms with Crippen molar-refractivity contribution in [3.05, 3.63) is 43.9 Å². The summed E-state index contributed by atoms with van der Waals surface area (Å²) in [6, 6.07) is 3.55. The molecule has 1 aromatic carbocycles. The minimum atomic E-state index is -0.127. The van der Waals surface area contributed by atoms with Gasteiger partial charge in [0.15, 0.2) is 0 Å². The lowest BCUT2D eigenvalue weighted by atomic mass is 10.1. The van der Waals surface area contributed by atoms with Gasteiger partial charge < -0.3 is 20.1 Å². The number of phenolic OH excluding ortho intramolecular Hbond substituents is 1. The van der Waals surface area contributed by atoms with Gasteiger partial charge >= 0.3 is 4.87 Å². The molecule has 0 spiro atoms. The number of nitrogens with one attached hydrogen (secondary N) is 2. The Balaban J connectivity index is 1.20. The number of fused-ring (bicyclic) bond motifs is 1. The fourth-order valence-electron chi connectivity index (χ4n) is 3.06. The van der Waals surface area contributed by atoms with Crippen LogP contribution >= 0.6 is 22.7 Å². The molecule has 0 saturated carbocycles. The molecule has 0 fully saturated rings. The topological polar surface area (TPSA) is 87.2 Å². The molecular formula is C20H27N3O3S2. The Morgan fingerprint density at radius 2 is 2.00 bits per heavy atom. The van der Waals surface area contributed by atoms with E-state index in [2.05, 4.69) is 15.3 Å². The number of nitrogens with zero attached hydrogens (tertiary/aromatic N) is 1. The molecule has 3 rings (SSSR count). The zero-order valence-electron chi connectivity index (χ0n) is 15.9. The average molecular weight is 422 g/mol. The van der Waals surface area contributed by atoms with Crippen molar-refractivity contribution in [1.82, 2.24) is 15.3 Å². The normalized spacial score (nSPS) is 11.4. The monoisotopic (exact) mass is 421 g/mol. The number of thiazole rings is 2. The molecule has 3 aromatic rings. The van der Waals surface area contributed by atoms with E-state index in [1.165, 1.54) is 12.8 Å². The predicted molar refractivity (Wildman–Crippen MR) is 116 cm³/mol. The number of aromatic amines is 1. The molecule has 0 aliphatic carbocycles. The summed E-state index contributed by atoms with van der Waals surface area (Å²) in [5.74, 6) is 0.136. The van der Waals surface area contributed by atoms with Crippen molar-refractivity contribution >= 4 is 32.9 Å². The highest BCUT2D eigenvalue weighted by molar-refractivity contribution is 7.16. The fourth-order valence-corrected chi connectivity index (χ4v) is 4.56. The molecule has 0 radical (unpaired) electrons. The van der Waals surface area contributed by atoms with Crippen molar-refractivity contribution in [2.75, 3.05) is 26.3 Å². The smallest absolute Gasteiger partial charge is 0.305 e. The van der Waals surface area contributed by atoms with E-state index in [0.29, 0.717) is 5.52 Å². The molecule has 0 aliphatic heterocycles. The van der Waals surface area contributed by atoms with E-state index < -0.39 is 0 Å². The van der Waals surface area contributed by atoms with Gasteiger partial charge in [0.05, 0.1) is 16.3 Å². The first-order valence-electron chi connectivity index (χ1n) is 9.74. The van der Waals surface area contributed by atoms with Crippen LogP contribution in [-0.4, -0.2) is 41.4 Å². The highest BCUT2D eigenvalue weighted by atomic mass is 32.1. The Kier molecular flexibility index (Phi) is 8.47. The van der Waals surface area contributed by atoms with E-state index in [0.717, 1.165) is 78.6 Å². The van der Waals surface area contributed by atoms with Crippen LogP contribution in [0.15, 0.2) is 28.5 Å². The molecule has 28 heavy (non-hydrogen) atoms. The van der Waals surface area contributed by atoms with Crippen molar-refractivity contribution in [2.24, 2.45) is 0 Å².